The number of hydrogen-bond donors (Lipinski definition) is 0. The summed E-state index contributed by atoms with van der Waals surface area (Å²) in [5.74, 6) is -1.75. The average molecular weight is 368 g/mol. The van der Waals surface area contributed by atoms with E-state index in [1.165, 1.54) is 0 Å². The molecule has 5 nitrogen and oxygen atoms in total. The number of esters is 2. The molecule has 0 aliphatic heterocycles. The highest BCUT2D eigenvalue weighted by molar-refractivity contribution is 5.88. The zero-order valence-electron chi connectivity index (χ0n) is 17.6. The standard InChI is InChI=1S/C21H37NO4/c1-8-9-10-11-21(14-22,20(24)26-13-16(4)5)18(17(6)7)19(23)25-12-15(2)3/h15-18H,8-13H2,1-7H3. The molecule has 0 aromatic heterocycles. The lowest BCUT2D eigenvalue weighted by Gasteiger charge is -2.34. The minimum Gasteiger partial charge on any atom is -0.465 e. The lowest BCUT2D eigenvalue weighted by Crippen LogP contribution is -2.46. The fourth-order valence-corrected chi connectivity index (χ4v) is 2.96. The van der Waals surface area contributed by atoms with Gasteiger partial charge in [-0.1, -0.05) is 67.7 Å². The lowest BCUT2D eigenvalue weighted by atomic mass is 9.68. The summed E-state index contributed by atoms with van der Waals surface area (Å²) in [7, 11) is 0. The van der Waals surface area contributed by atoms with Crippen LogP contribution in [0.1, 0.15) is 74.1 Å². The Kier molecular flexibility index (Phi) is 11.2. The number of ether oxygens (including phenoxy) is 2. The molecule has 0 spiro atoms. The highest BCUT2D eigenvalue weighted by atomic mass is 16.5. The number of carbonyl (C=O) groups is 2. The van der Waals surface area contributed by atoms with E-state index < -0.39 is 23.3 Å². The number of carbonyl (C=O) groups excluding carboxylic acids is 2. The summed E-state index contributed by atoms with van der Waals surface area (Å²) in [4.78, 5) is 25.7. The van der Waals surface area contributed by atoms with Gasteiger partial charge in [0.05, 0.1) is 25.2 Å². The van der Waals surface area contributed by atoms with E-state index in [0.717, 1.165) is 12.8 Å². The van der Waals surface area contributed by atoms with Gasteiger partial charge < -0.3 is 9.47 Å². The van der Waals surface area contributed by atoms with Gasteiger partial charge in [0, 0.05) is 0 Å². The van der Waals surface area contributed by atoms with Crippen LogP contribution in [0.4, 0.5) is 0 Å². The summed E-state index contributed by atoms with van der Waals surface area (Å²) in [5, 5.41) is 10.00. The van der Waals surface area contributed by atoms with Crippen molar-refractivity contribution >= 4 is 11.9 Å². The number of rotatable bonds is 12. The second-order valence-electron chi connectivity index (χ2n) is 8.28. The number of nitrogens with zero attached hydrogens (tertiary/aromatic N) is 1. The monoisotopic (exact) mass is 367 g/mol. The van der Waals surface area contributed by atoms with Crippen molar-refractivity contribution < 1.29 is 19.1 Å². The third kappa shape index (κ3) is 7.35. The fraction of sp³-hybridized carbons (Fsp3) is 0.857. The Labute approximate surface area is 159 Å². The van der Waals surface area contributed by atoms with Crippen LogP contribution in [0.15, 0.2) is 0 Å². The maximum absolute atomic E-state index is 12.9. The summed E-state index contributed by atoms with van der Waals surface area (Å²) in [6.45, 7) is 14.1. The van der Waals surface area contributed by atoms with Crippen molar-refractivity contribution in [2.75, 3.05) is 13.2 Å². The van der Waals surface area contributed by atoms with Gasteiger partial charge in [0.15, 0.2) is 5.41 Å². The van der Waals surface area contributed by atoms with Crippen LogP contribution in [-0.2, 0) is 19.1 Å². The van der Waals surface area contributed by atoms with Gasteiger partial charge in [-0.25, -0.2) is 0 Å². The highest BCUT2D eigenvalue weighted by Gasteiger charge is 2.53. The Morgan fingerprint density at radius 1 is 0.962 bits per heavy atom. The zero-order chi connectivity index (χ0) is 20.3. The van der Waals surface area contributed by atoms with E-state index in [1.807, 2.05) is 41.5 Å². The van der Waals surface area contributed by atoms with Crippen molar-refractivity contribution in [1.82, 2.24) is 0 Å². The van der Waals surface area contributed by atoms with Gasteiger partial charge in [0.25, 0.3) is 0 Å². The van der Waals surface area contributed by atoms with Crippen molar-refractivity contribution in [2.24, 2.45) is 29.1 Å². The number of hydrogen-bond acceptors (Lipinski definition) is 5. The van der Waals surface area contributed by atoms with E-state index in [0.29, 0.717) is 12.8 Å². The second-order valence-corrected chi connectivity index (χ2v) is 8.28. The van der Waals surface area contributed by atoms with Gasteiger partial charge in [-0.05, 0) is 24.2 Å². The molecule has 0 fully saturated rings. The molecule has 0 heterocycles. The molecule has 0 radical (unpaired) electrons. The van der Waals surface area contributed by atoms with Crippen LogP contribution >= 0.6 is 0 Å². The van der Waals surface area contributed by atoms with Crippen molar-refractivity contribution in [2.45, 2.75) is 74.1 Å². The molecule has 0 saturated carbocycles. The maximum Gasteiger partial charge on any atom is 0.327 e. The number of unbranched alkanes of at least 4 members (excludes halogenated alkanes) is 2. The zero-order valence-corrected chi connectivity index (χ0v) is 17.6. The van der Waals surface area contributed by atoms with E-state index in [-0.39, 0.29) is 31.0 Å². The number of nitriles is 1. The second kappa shape index (κ2) is 11.9. The van der Waals surface area contributed by atoms with E-state index >= 15 is 0 Å². The van der Waals surface area contributed by atoms with Gasteiger partial charge in [-0.3, -0.25) is 9.59 Å². The third-order valence-corrected chi connectivity index (χ3v) is 4.30. The van der Waals surface area contributed by atoms with E-state index in [2.05, 4.69) is 13.0 Å². The van der Waals surface area contributed by atoms with Crippen molar-refractivity contribution in [3.63, 3.8) is 0 Å². The van der Waals surface area contributed by atoms with Crippen LogP contribution in [-0.4, -0.2) is 25.2 Å². The molecule has 0 saturated heterocycles. The Balaban J connectivity index is 5.74. The summed E-state index contributed by atoms with van der Waals surface area (Å²) in [6, 6.07) is 2.17. The molecule has 26 heavy (non-hydrogen) atoms. The summed E-state index contributed by atoms with van der Waals surface area (Å²) >= 11 is 0. The van der Waals surface area contributed by atoms with Crippen LogP contribution in [0, 0.1) is 40.4 Å². The van der Waals surface area contributed by atoms with Crippen molar-refractivity contribution in [3.05, 3.63) is 0 Å². The molecule has 150 valence electrons. The average Bonchev–Trinajstić information content (AvgIpc) is 2.56. The van der Waals surface area contributed by atoms with Crippen LogP contribution in [0.3, 0.4) is 0 Å². The third-order valence-electron chi connectivity index (χ3n) is 4.30. The molecule has 0 N–H and O–H groups in total. The molecular formula is C21H37NO4. The molecule has 2 atom stereocenters. The summed E-state index contributed by atoms with van der Waals surface area (Å²) in [6.07, 6.45) is 2.87. The van der Waals surface area contributed by atoms with Gasteiger partial charge in [0.2, 0.25) is 0 Å². The van der Waals surface area contributed by atoms with Crippen LogP contribution in [0.2, 0.25) is 0 Å². The van der Waals surface area contributed by atoms with Gasteiger partial charge in [-0.15, -0.1) is 0 Å². The largest absolute Gasteiger partial charge is 0.465 e. The molecule has 0 aromatic rings. The van der Waals surface area contributed by atoms with Crippen molar-refractivity contribution in [1.29, 1.82) is 5.26 Å². The minimum absolute atomic E-state index is 0.163. The predicted molar refractivity (Wildman–Crippen MR) is 102 cm³/mol. The molecule has 0 bridgehead atoms. The first-order chi connectivity index (χ1) is 12.1. The first-order valence-corrected chi connectivity index (χ1v) is 9.87. The molecule has 0 aliphatic carbocycles. The molecular weight excluding hydrogens is 330 g/mol. The highest BCUT2D eigenvalue weighted by Crippen LogP contribution is 2.40. The lowest BCUT2D eigenvalue weighted by molar-refractivity contribution is -0.170. The molecule has 0 aromatic carbocycles. The Hall–Kier alpha value is -1.57. The molecule has 0 rings (SSSR count). The van der Waals surface area contributed by atoms with Gasteiger partial charge in [0.1, 0.15) is 0 Å². The first-order valence-electron chi connectivity index (χ1n) is 9.87. The van der Waals surface area contributed by atoms with Crippen molar-refractivity contribution in [3.8, 4) is 6.07 Å². The van der Waals surface area contributed by atoms with Crippen LogP contribution in [0.5, 0.6) is 0 Å². The van der Waals surface area contributed by atoms with E-state index in [9.17, 15) is 14.9 Å². The molecule has 0 amide bonds. The Bertz CT molecular complexity index is 479. The maximum atomic E-state index is 12.9. The SMILES string of the molecule is CCCCCC(C#N)(C(=O)OCC(C)C)C(C(=O)OCC(C)C)C(C)C. The smallest absolute Gasteiger partial charge is 0.327 e. The predicted octanol–water partition coefficient (Wildman–Crippen LogP) is 4.75. The first kappa shape index (κ1) is 24.4. The minimum atomic E-state index is -1.49. The topological polar surface area (TPSA) is 76.4 Å². The van der Waals surface area contributed by atoms with E-state index in [4.69, 9.17) is 9.47 Å². The Morgan fingerprint density at radius 3 is 1.92 bits per heavy atom. The van der Waals surface area contributed by atoms with Gasteiger partial charge >= 0.3 is 11.9 Å². The van der Waals surface area contributed by atoms with E-state index in [1.54, 1.807) is 0 Å². The normalized spacial score (nSPS) is 14.8. The summed E-state index contributed by atoms with van der Waals surface area (Å²) in [5.41, 5.74) is -1.49. The quantitative estimate of drug-likeness (QED) is 0.367. The summed E-state index contributed by atoms with van der Waals surface area (Å²) < 4.78 is 10.8. The fourth-order valence-electron chi connectivity index (χ4n) is 2.96. The molecule has 0 aliphatic rings. The Morgan fingerprint density at radius 2 is 1.50 bits per heavy atom. The molecule has 5 heteroatoms. The van der Waals surface area contributed by atoms with Crippen LogP contribution < -0.4 is 0 Å². The van der Waals surface area contributed by atoms with Crippen LogP contribution in [0.25, 0.3) is 0 Å². The van der Waals surface area contributed by atoms with Gasteiger partial charge in [-0.2, -0.15) is 5.26 Å². The molecule has 2 unspecified atom stereocenters.